The van der Waals surface area contributed by atoms with Crippen molar-refractivity contribution in [3.8, 4) is 0 Å². The Balaban J connectivity index is 1.27. The van der Waals surface area contributed by atoms with E-state index in [1.54, 1.807) is 11.0 Å². The molecule has 4 rings (SSSR count). The van der Waals surface area contributed by atoms with E-state index < -0.39 is 0 Å². The molecule has 0 bridgehead atoms. The van der Waals surface area contributed by atoms with Gasteiger partial charge in [0, 0.05) is 44.0 Å². The lowest BCUT2D eigenvalue weighted by molar-refractivity contribution is 0.0595. The minimum absolute atomic E-state index is 0.0724. The number of hydrogen-bond acceptors (Lipinski definition) is 4. The Morgan fingerprint density at radius 2 is 1.53 bits per heavy atom. The quantitative estimate of drug-likeness (QED) is 0.323. The third-order valence-electron chi connectivity index (χ3n) is 6.57. The smallest absolute Gasteiger partial charge is 0.409 e. The topological polar surface area (TPSA) is 44.8 Å². The van der Waals surface area contributed by atoms with Crippen LogP contribution in [0.15, 0.2) is 78.9 Å². The van der Waals surface area contributed by atoms with E-state index in [0.29, 0.717) is 29.7 Å². The van der Waals surface area contributed by atoms with Crippen LogP contribution in [0.3, 0.4) is 0 Å². The molecule has 0 aromatic heterocycles. The molecule has 0 saturated carbocycles. The Hall–Kier alpha value is -2.73. The van der Waals surface area contributed by atoms with Gasteiger partial charge in [0.15, 0.2) is 0 Å². The lowest BCUT2D eigenvalue weighted by atomic mass is 10.1. The summed E-state index contributed by atoms with van der Waals surface area (Å²) in [5, 5.41) is 4.57. The van der Waals surface area contributed by atoms with Crippen molar-refractivity contribution in [2.75, 3.05) is 25.0 Å². The molecule has 1 amide bonds. The first-order valence-corrected chi connectivity index (χ1v) is 13.2. The van der Waals surface area contributed by atoms with Crippen molar-refractivity contribution < 1.29 is 9.53 Å². The van der Waals surface area contributed by atoms with Gasteiger partial charge in [-0.05, 0) is 49.1 Å². The number of ether oxygens (including phenoxy) is 1. The molecule has 3 aromatic carbocycles. The van der Waals surface area contributed by atoms with Gasteiger partial charge in [-0.15, -0.1) is 0 Å². The second-order valence-electron chi connectivity index (χ2n) is 9.34. The van der Waals surface area contributed by atoms with Crippen molar-refractivity contribution in [1.82, 2.24) is 9.80 Å². The molecule has 1 atom stereocenters. The first-order valence-electron chi connectivity index (χ1n) is 12.4. The average Bonchev–Trinajstić information content (AvgIpc) is 2.90. The summed E-state index contributed by atoms with van der Waals surface area (Å²) >= 11 is 12.1. The number of likely N-dealkylation sites (tertiary alicyclic amines) is 1. The standard InChI is InChI=1S/C29H33Cl2N3O2/c1-22(34(19-23-8-4-2-5-9-23)20-24-10-6-3-7-11-24)21-36-29(35)33-16-14-25(15-17-33)32-26-12-13-27(30)28(31)18-26/h2-13,18,22,25,32H,14-17,19-21H2,1H3/t22-/m0/s1. The minimum Gasteiger partial charge on any atom is -0.448 e. The zero-order valence-corrected chi connectivity index (χ0v) is 22.1. The minimum atomic E-state index is -0.241. The fourth-order valence-electron chi connectivity index (χ4n) is 4.42. The largest absolute Gasteiger partial charge is 0.448 e. The molecule has 5 nitrogen and oxygen atoms in total. The third-order valence-corrected chi connectivity index (χ3v) is 7.31. The Bertz CT molecular complexity index is 1060. The normalized spacial score (nSPS) is 15.1. The van der Waals surface area contributed by atoms with Crippen LogP contribution in [0.4, 0.5) is 10.5 Å². The van der Waals surface area contributed by atoms with Gasteiger partial charge in [0.05, 0.1) is 10.0 Å². The number of nitrogens with one attached hydrogen (secondary N) is 1. The number of carbonyl (C=O) groups excluding carboxylic acids is 1. The molecule has 0 spiro atoms. The number of amides is 1. The predicted molar refractivity (Wildman–Crippen MR) is 148 cm³/mol. The van der Waals surface area contributed by atoms with E-state index >= 15 is 0 Å². The maximum Gasteiger partial charge on any atom is 0.409 e. The zero-order valence-electron chi connectivity index (χ0n) is 20.6. The maximum atomic E-state index is 12.8. The number of piperidine rings is 1. The summed E-state index contributed by atoms with van der Waals surface area (Å²) < 4.78 is 5.77. The summed E-state index contributed by atoms with van der Waals surface area (Å²) in [6, 6.07) is 26.7. The summed E-state index contributed by atoms with van der Waals surface area (Å²) in [6.07, 6.45) is 1.45. The fraction of sp³-hybridized carbons (Fsp3) is 0.345. The van der Waals surface area contributed by atoms with Gasteiger partial charge in [0.2, 0.25) is 0 Å². The number of anilines is 1. The van der Waals surface area contributed by atoms with E-state index in [1.165, 1.54) is 11.1 Å². The summed E-state index contributed by atoms with van der Waals surface area (Å²) in [5.74, 6) is 0. The molecular formula is C29H33Cl2N3O2. The van der Waals surface area contributed by atoms with Crippen molar-refractivity contribution in [3.05, 3.63) is 100 Å². The van der Waals surface area contributed by atoms with Crippen LogP contribution in [0.5, 0.6) is 0 Å². The second-order valence-corrected chi connectivity index (χ2v) is 10.2. The summed E-state index contributed by atoms with van der Waals surface area (Å²) in [6.45, 7) is 5.36. The van der Waals surface area contributed by atoms with Gasteiger partial charge in [-0.3, -0.25) is 4.90 Å². The zero-order chi connectivity index (χ0) is 25.3. The van der Waals surface area contributed by atoms with Crippen LogP contribution < -0.4 is 5.32 Å². The van der Waals surface area contributed by atoms with Crippen LogP contribution in [-0.2, 0) is 17.8 Å². The van der Waals surface area contributed by atoms with E-state index in [4.69, 9.17) is 27.9 Å². The molecule has 1 fully saturated rings. The van der Waals surface area contributed by atoms with Gasteiger partial charge >= 0.3 is 6.09 Å². The highest BCUT2D eigenvalue weighted by Gasteiger charge is 2.25. The van der Waals surface area contributed by atoms with Gasteiger partial charge in [-0.25, -0.2) is 4.79 Å². The summed E-state index contributed by atoms with van der Waals surface area (Å²) in [5.41, 5.74) is 3.42. The van der Waals surface area contributed by atoms with Crippen molar-refractivity contribution in [2.45, 2.75) is 44.9 Å². The highest BCUT2D eigenvalue weighted by molar-refractivity contribution is 6.42. The molecule has 36 heavy (non-hydrogen) atoms. The van der Waals surface area contributed by atoms with Crippen LogP contribution in [0.25, 0.3) is 0 Å². The summed E-state index contributed by atoms with van der Waals surface area (Å²) in [7, 11) is 0. The average molecular weight is 527 g/mol. The molecule has 0 radical (unpaired) electrons. The molecule has 1 saturated heterocycles. The van der Waals surface area contributed by atoms with Crippen LogP contribution in [-0.4, -0.2) is 47.7 Å². The third kappa shape index (κ3) is 7.63. The first-order chi connectivity index (χ1) is 17.5. The Morgan fingerprint density at radius 3 is 2.08 bits per heavy atom. The Kier molecular flexibility index (Phi) is 9.51. The first kappa shape index (κ1) is 26.3. The monoisotopic (exact) mass is 525 g/mol. The van der Waals surface area contributed by atoms with Crippen LogP contribution in [0, 0.1) is 0 Å². The van der Waals surface area contributed by atoms with Crippen molar-refractivity contribution in [3.63, 3.8) is 0 Å². The van der Waals surface area contributed by atoms with Crippen LogP contribution >= 0.6 is 23.2 Å². The van der Waals surface area contributed by atoms with E-state index in [0.717, 1.165) is 31.6 Å². The molecule has 1 aliphatic rings. The van der Waals surface area contributed by atoms with Gasteiger partial charge in [0.25, 0.3) is 0 Å². The maximum absolute atomic E-state index is 12.8. The molecule has 190 valence electrons. The van der Waals surface area contributed by atoms with Gasteiger partial charge in [-0.2, -0.15) is 0 Å². The van der Waals surface area contributed by atoms with E-state index in [1.807, 2.05) is 24.3 Å². The second kappa shape index (κ2) is 13.0. The SMILES string of the molecule is C[C@@H](COC(=O)N1CCC(Nc2ccc(Cl)c(Cl)c2)CC1)N(Cc1ccccc1)Cc1ccccc1. The van der Waals surface area contributed by atoms with Crippen LogP contribution in [0.1, 0.15) is 30.9 Å². The number of benzene rings is 3. The number of rotatable bonds is 9. The highest BCUT2D eigenvalue weighted by atomic mass is 35.5. The van der Waals surface area contributed by atoms with Crippen molar-refractivity contribution in [1.29, 1.82) is 0 Å². The van der Waals surface area contributed by atoms with E-state index in [2.05, 4.69) is 65.7 Å². The molecule has 1 heterocycles. The highest BCUT2D eigenvalue weighted by Crippen LogP contribution is 2.26. The van der Waals surface area contributed by atoms with E-state index in [9.17, 15) is 4.79 Å². The van der Waals surface area contributed by atoms with Gasteiger partial charge in [-0.1, -0.05) is 83.9 Å². The van der Waals surface area contributed by atoms with Crippen LogP contribution in [0.2, 0.25) is 10.0 Å². The van der Waals surface area contributed by atoms with E-state index in [-0.39, 0.29) is 18.2 Å². The lowest BCUT2D eigenvalue weighted by Crippen LogP contribution is -2.44. The molecule has 0 aliphatic carbocycles. The molecule has 1 aliphatic heterocycles. The van der Waals surface area contributed by atoms with Gasteiger partial charge < -0.3 is 15.0 Å². The number of carbonyl (C=O) groups is 1. The van der Waals surface area contributed by atoms with Crippen molar-refractivity contribution in [2.24, 2.45) is 0 Å². The number of nitrogens with zero attached hydrogens (tertiary/aromatic N) is 2. The summed E-state index contributed by atoms with van der Waals surface area (Å²) in [4.78, 5) is 17.0. The lowest BCUT2D eigenvalue weighted by Gasteiger charge is -2.33. The molecule has 1 N–H and O–H groups in total. The van der Waals surface area contributed by atoms with Crippen molar-refractivity contribution >= 4 is 35.0 Å². The molecule has 0 unspecified atom stereocenters. The number of halogens is 2. The Morgan fingerprint density at radius 1 is 0.944 bits per heavy atom. The number of hydrogen-bond donors (Lipinski definition) is 1. The Labute approximate surface area is 224 Å². The van der Waals surface area contributed by atoms with Gasteiger partial charge in [0.1, 0.15) is 6.61 Å². The fourth-order valence-corrected chi connectivity index (χ4v) is 4.72. The predicted octanol–water partition coefficient (Wildman–Crippen LogP) is 7.10. The molecular weight excluding hydrogens is 493 g/mol. The molecule has 3 aromatic rings. The molecule has 7 heteroatoms.